The van der Waals surface area contributed by atoms with Gasteiger partial charge in [0.15, 0.2) is 0 Å². The van der Waals surface area contributed by atoms with Gasteiger partial charge in [-0.1, -0.05) is 48.5 Å². The molecule has 2 fully saturated rings. The molecule has 3 heterocycles. The Morgan fingerprint density at radius 3 is 2.61 bits per heavy atom. The first kappa shape index (κ1) is 17.3. The van der Waals surface area contributed by atoms with Crippen molar-refractivity contribution in [3.63, 3.8) is 0 Å². The summed E-state index contributed by atoms with van der Waals surface area (Å²) in [6.45, 7) is -0.0245. The SMILES string of the molecule is O=C1Nc2ccccc2C12C(c1ccccc1)C(CO)([N+](=O)[O-])C1CCCN12. The number of hydrogen-bond donors (Lipinski definition) is 2. The van der Waals surface area contributed by atoms with Gasteiger partial charge < -0.3 is 10.4 Å². The summed E-state index contributed by atoms with van der Waals surface area (Å²) in [4.78, 5) is 27.7. The van der Waals surface area contributed by atoms with E-state index in [9.17, 15) is 20.0 Å². The van der Waals surface area contributed by atoms with E-state index in [-0.39, 0.29) is 10.8 Å². The summed E-state index contributed by atoms with van der Waals surface area (Å²) in [5, 5.41) is 25.9. The van der Waals surface area contributed by atoms with Crippen molar-refractivity contribution >= 4 is 11.6 Å². The van der Waals surface area contributed by atoms with Gasteiger partial charge in [-0.3, -0.25) is 19.8 Å². The summed E-state index contributed by atoms with van der Waals surface area (Å²) in [6.07, 6.45) is 1.35. The Bertz CT molecular complexity index is 965. The minimum absolute atomic E-state index is 0.244. The number of anilines is 1. The lowest BCUT2D eigenvalue weighted by atomic mass is 9.67. The molecule has 144 valence electrons. The van der Waals surface area contributed by atoms with Crippen LogP contribution < -0.4 is 5.32 Å². The Balaban J connectivity index is 1.88. The van der Waals surface area contributed by atoms with Gasteiger partial charge in [0, 0.05) is 22.7 Å². The highest BCUT2D eigenvalue weighted by Gasteiger charge is 2.78. The van der Waals surface area contributed by atoms with Gasteiger partial charge in [-0.2, -0.15) is 0 Å². The lowest BCUT2D eigenvalue weighted by molar-refractivity contribution is -0.580. The van der Waals surface area contributed by atoms with E-state index in [1.807, 2.05) is 59.5 Å². The highest BCUT2D eigenvalue weighted by atomic mass is 16.6. The maximum atomic E-state index is 13.6. The molecule has 4 unspecified atom stereocenters. The van der Waals surface area contributed by atoms with Gasteiger partial charge in [0.2, 0.25) is 0 Å². The molecule has 2 aromatic rings. The van der Waals surface area contributed by atoms with Gasteiger partial charge in [0.05, 0.1) is 12.0 Å². The molecule has 0 aliphatic carbocycles. The number of benzene rings is 2. The second-order valence-electron chi connectivity index (χ2n) is 7.87. The Morgan fingerprint density at radius 1 is 1.18 bits per heavy atom. The lowest BCUT2D eigenvalue weighted by Gasteiger charge is -2.37. The van der Waals surface area contributed by atoms with E-state index >= 15 is 0 Å². The van der Waals surface area contributed by atoms with Crippen molar-refractivity contribution in [2.75, 3.05) is 18.5 Å². The number of nitrogens with zero attached hydrogens (tertiary/aromatic N) is 2. The number of hydrogen-bond acceptors (Lipinski definition) is 5. The van der Waals surface area contributed by atoms with Crippen molar-refractivity contribution < 1.29 is 14.8 Å². The first-order valence-electron chi connectivity index (χ1n) is 9.56. The van der Waals surface area contributed by atoms with Gasteiger partial charge >= 0.3 is 0 Å². The standard InChI is InChI=1S/C21H21N3O4/c25-13-20(24(27)28)17-11-6-12-23(17)21(18(20)14-7-2-1-3-8-14)15-9-4-5-10-16(15)22-19(21)26/h1-5,7-10,17-18,25H,6,11-13H2,(H,22,26). The van der Waals surface area contributed by atoms with Gasteiger partial charge in [0.25, 0.3) is 11.4 Å². The van der Waals surface area contributed by atoms with Crippen LogP contribution >= 0.6 is 0 Å². The lowest BCUT2D eigenvalue weighted by Crippen LogP contribution is -2.55. The van der Waals surface area contributed by atoms with Gasteiger partial charge in [-0.15, -0.1) is 0 Å². The smallest absolute Gasteiger partial charge is 0.269 e. The van der Waals surface area contributed by atoms with E-state index in [4.69, 9.17) is 0 Å². The first-order valence-corrected chi connectivity index (χ1v) is 9.56. The van der Waals surface area contributed by atoms with Crippen LogP contribution in [0.15, 0.2) is 54.6 Å². The third kappa shape index (κ3) is 1.83. The molecule has 7 heteroatoms. The highest BCUT2D eigenvalue weighted by molar-refractivity contribution is 6.07. The van der Waals surface area contributed by atoms with Crippen molar-refractivity contribution in [3.8, 4) is 0 Å². The fourth-order valence-electron chi connectivity index (χ4n) is 5.92. The van der Waals surface area contributed by atoms with Crippen LogP contribution in [-0.2, 0) is 10.3 Å². The molecule has 0 radical (unpaired) electrons. The molecule has 2 N–H and O–H groups in total. The fraction of sp³-hybridized carbons (Fsp3) is 0.381. The van der Waals surface area contributed by atoms with E-state index in [0.29, 0.717) is 24.2 Å². The summed E-state index contributed by atoms with van der Waals surface area (Å²) in [7, 11) is 0. The molecule has 2 aromatic carbocycles. The van der Waals surface area contributed by atoms with E-state index in [2.05, 4.69) is 5.32 Å². The fourth-order valence-corrected chi connectivity index (χ4v) is 5.92. The summed E-state index contributed by atoms with van der Waals surface area (Å²) in [5.41, 5.74) is -0.690. The topological polar surface area (TPSA) is 95.7 Å². The van der Waals surface area contributed by atoms with Crippen LogP contribution in [0.4, 0.5) is 5.69 Å². The molecule has 1 spiro atoms. The van der Waals surface area contributed by atoms with Crippen LogP contribution in [0.1, 0.15) is 29.9 Å². The molecule has 0 saturated carbocycles. The van der Waals surface area contributed by atoms with Gasteiger partial charge in [-0.05, 0) is 24.5 Å². The average Bonchev–Trinajstić information content (AvgIpc) is 3.35. The number of aliphatic hydroxyl groups excluding tert-OH is 1. The number of fused-ring (bicyclic) bond motifs is 4. The number of carbonyl (C=O) groups excluding carboxylic acids is 1. The normalized spacial score (nSPS) is 33.7. The van der Waals surface area contributed by atoms with E-state index in [1.165, 1.54) is 0 Å². The van der Waals surface area contributed by atoms with Crippen molar-refractivity contribution in [1.82, 2.24) is 4.90 Å². The predicted octanol–water partition coefficient (Wildman–Crippen LogP) is 2.10. The van der Waals surface area contributed by atoms with E-state index in [1.54, 1.807) is 0 Å². The highest BCUT2D eigenvalue weighted by Crippen LogP contribution is 2.63. The maximum Gasteiger partial charge on any atom is 0.269 e. The number of rotatable bonds is 3. The second-order valence-corrected chi connectivity index (χ2v) is 7.87. The summed E-state index contributed by atoms with van der Waals surface area (Å²) in [5.74, 6) is -1.04. The molecule has 28 heavy (non-hydrogen) atoms. The van der Waals surface area contributed by atoms with Crippen molar-refractivity contribution in [3.05, 3.63) is 75.8 Å². The zero-order valence-electron chi connectivity index (χ0n) is 15.2. The van der Waals surface area contributed by atoms with Gasteiger partial charge in [0.1, 0.15) is 12.1 Å². The van der Waals surface area contributed by atoms with E-state index < -0.39 is 29.6 Å². The molecule has 3 aliphatic heterocycles. The van der Waals surface area contributed by atoms with Crippen LogP contribution in [0.5, 0.6) is 0 Å². The largest absolute Gasteiger partial charge is 0.389 e. The molecule has 3 aliphatic rings. The summed E-state index contributed by atoms with van der Waals surface area (Å²) in [6, 6.07) is 16.1. The molecular formula is C21H21N3O4. The van der Waals surface area contributed by atoms with Crippen molar-refractivity contribution in [1.29, 1.82) is 0 Å². The summed E-state index contributed by atoms with van der Waals surface area (Å²) >= 11 is 0. The third-order valence-corrected chi connectivity index (χ3v) is 6.86. The predicted molar refractivity (Wildman–Crippen MR) is 102 cm³/mol. The Labute approximate surface area is 162 Å². The number of carbonyl (C=O) groups is 1. The third-order valence-electron chi connectivity index (χ3n) is 6.86. The average molecular weight is 379 g/mol. The number of nitrogens with one attached hydrogen (secondary N) is 1. The van der Waals surface area contributed by atoms with Crippen LogP contribution in [0.25, 0.3) is 0 Å². The molecule has 2 saturated heterocycles. The van der Waals surface area contributed by atoms with Crippen LogP contribution in [0.3, 0.4) is 0 Å². The Morgan fingerprint density at radius 2 is 1.89 bits per heavy atom. The molecule has 0 aromatic heterocycles. The molecule has 4 atom stereocenters. The quantitative estimate of drug-likeness (QED) is 0.629. The zero-order chi connectivity index (χ0) is 19.5. The minimum Gasteiger partial charge on any atom is -0.389 e. The Kier molecular flexibility index (Phi) is 3.63. The first-order chi connectivity index (χ1) is 13.6. The molecule has 7 nitrogen and oxygen atoms in total. The molecule has 5 rings (SSSR count). The molecular weight excluding hydrogens is 358 g/mol. The van der Waals surface area contributed by atoms with Crippen LogP contribution in [0, 0.1) is 10.1 Å². The maximum absolute atomic E-state index is 13.6. The molecule has 1 amide bonds. The Hall–Kier alpha value is -2.77. The number of aliphatic hydroxyl groups is 1. The second kappa shape index (κ2) is 5.86. The zero-order valence-corrected chi connectivity index (χ0v) is 15.2. The minimum atomic E-state index is -1.65. The van der Waals surface area contributed by atoms with Crippen LogP contribution in [-0.4, -0.2) is 45.6 Å². The van der Waals surface area contributed by atoms with E-state index in [0.717, 1.165) is 12.0 Å². The monoisotopic (exact) mass is 379 g/mol. The number of nitro groups is 1. The van der Waals surface area contributed by atoms with Crippen LogP contribution in [0.2, 0.25) is 0 Å². The van der Waals surface area contributed by atoms with Crippen molar-refractivity contribution in [2.45, 2.75) is 35.9 Å². The van der Waals surface area contributed by atoms with Gasteiger partial charge in [-0.25, -0.2) is 0 Å². The van der Waals surface area contributed by atoms with Crippen molar-refractivity contribution in [2.24, 2.45) is 0 Å². The molecule has 0 bridgehead atoms. The number of amides is 1. The number of para-hydroxylation sites is 1. The summed E-state index contributed by atoms with van der Waals surface area (Å²) < 4.78 is 0.